The van der Waals surface area contributed by atoms with Gasteiger partial charge in [0.2, 0.25) is 5.16 Å². The van der Waals surface area contributed by atoms with E-state index >= 15 is 0 Å². The topological polar surface area (TPSA) is 135 Å². The van der Waals surface area contributed by atoms with Gasteiger partial charge in [0.05, 0.1) is 4.92 Å². The number of nitrogens with one attached hydrogen (secondary N) is 1. The van der Waals surface area contributed by atoms with Gasteiger partial charge in [-0.3, -0.25) is 15.2 Å². The Morgan fingerprint density at radius 2 is 2.11 bits per heavy atom. The Labute approximate surface area is 157 Å². The summed E-state index contributed by atoms with van der Waals surface area (Å²) < 4.78 is 5.70. The highest BCUT2D eigenvalue weighted by Crippen LogP contribution is 2.31. The van der Waals surface area contributed by atoms with Gasteiger partial charge in [-0.05, 0) is 49.4 Å². The largest absolute Gasteiger partial charge is 0.477 e. The molecular formula is C17H14N4O5S. The standard InChI is InChI=1S/C17H14N4O5S/c1-9-7-11(21(24)25)3-5-13(9)14-6-4-12(26-14)8-15(16(22)23)27-17-18-10(2)19-20-17/h3-8H,1-2H3,(H,22,23)(H,18,19,20)/b15-8-. The number of aryl methyl sites for hydroxylation is 2. The van der Waals surface area contributed by atoms with E-state index in [9.17, 15) is 20.0 Å². The molecule has 0 saturated carbocycles. The number of furan rings is 1. The number of carbonyl (C=O) groups is 1. The van der Waals surface area contributed by atoms with Gasteiger partial charge in [-0.1, -0.05) is 0 Å². The number of hydrogen-bond acceptors (Lipinski definition) is 7. The molecule has 0 aliphatic heterocycles. The summed E-state index contributed by atoms with van der Waals surface area (Å²) in [5, 5.41) is 27.1. The van der Waals surface area contributed by atoms with E-state index in [0.29, 0.717) is 33.6 Å². The minimum atomic E-state index is -1.13. The number of rotatable bonds is 6. The minimum Gasteiger partial charge on any atom is -0.477 e. The molecule has 1 aromatic carbocycles. The van der Waals surface area contributed by atoms with Gasteiger partial charge >= 0.3 is 5.97 Å². The molecule has 27 heavy (non-hydrogen) atoms. The quantitative estimate of drug-likeness (QED) is 0.282. The van der Waals surface area contributed by atoms with Crippen LogP contribution in [0.4, 0.5) is 5.69 Å². The molecule has 0 bridgehead atoms. The van der Waals surface area contributed by atoms with E-state index in [1.165, 1.54) is 18.2 Å². The number of nitro groups is 1. The number of aliphatic carboxylic acids is 1. The Bertz CT molecular complexity index is 1050. The van der Waals surface area contributed by atoms with Gasteiger partial charge < -0.3 is 9.52 Å². The molecular weight excluding hydrogens is 372 g/mol. The van der Waals surface area contributed by atoms with Crippen LogP contribution in [0.2, 0.25) is 0 Å². The lowest BCUT2D eigenvalue weighted by Crippen LogP contribution is -1.97. The smallest absolute Gasteiger partial charge is 0.342 e. The number of carboxylic acid groups (broad SMARTS) is 1. The average Bonchev–Trinajstić information content (AvgIpc) is 3.23. The van der Waals surface area contributed by atoms with Gasteiger partial charge in [-0.2, -0.15) is 0 Å². The number of hydrogen-bond donors (Lipinski definition) is 2. The van der Waals surface area contributed by atoms with E-state index in [2.05, 4.69) is 15.2 Å². The second kappa shape index (κ2) is 7.46. The first-order valence-corrected chi connectivity index (χ1v) is 8.52. The lowest BCUT2D eigenvalue weighted by Gasteiger charge is -2.02. The van der Waals surface area contributed by atoms with Gasteiger partial charge in [0.15, 0.2) is 0 Å². The van der Waals surface area contributed by atoms with E-state index in [4.69, 9.17) is 4.42 Å². The molecule has 0 aliphatic carbocycles. The predicted octanol–water partition coefficient (Wildman–Crippen LogP) is 3.81. The van der Waals surface area contributed by atoms with Crippen LogP contribution in [0.3, 0.4) is 0 Å². The minimum absolute atomic E-state index is 0.00433. The van der Waals surface area contributed by atoms with Crippen LogP contribution >= 0.6 is 11.8 Å². The van der Waals surface area contributed by atoms with E-state index in [0.717, 1.165) is 11.8 Å². The molecule has 0 fully saturated rings. The molecule has 2 heterocycles. The van der Waals surface area contributed by atoms with Crippen molar-refractivity contribution < 1.29 is 19.2 Å². The van der Waals surface area contributed by atoms with E-state index < -0.39 is 10.9 Å². The fourth-order valence-electron chi connectivity index (χ4n) is 2.34. The fraction of sp³-hybridized carbons (Fsp3) is 0.118. The van der Waals surface area contributed by atoms with E-state index in [1.54, 1.807) is 32.0 Å². The molecule has 0 unspecified atom stereocenters. The van der Waals surface area contributed by atoms with Crippen LogP contribution in [-0.2, 0) is 4.79 Å². The number of non-ortho nitro benzene ring substituents is 1. The number of H-pyrrole nitrogens is 1. The van der Waals surface area contributed by atoms with Crippen molar-refractivity contribution in [3.8, 4) is 11.3 Å². The zero-order valence-electron chi connectivity index (χ0n) is 14.3. The second-order valence-electron chi connectivity index (χ2n) is 5.58. The molecule has 2 N–H and O–H groups in total. The molecule has 3 rings (SSSR count). The van der Waals surface area contributed by atoms with E-state index in [1.807, 2.05) is 0 Å². The maximum atomic E-state index is 11.5. The molecule has 0 atom stereocenters. The molecule has 10 heteroatoms. The van der Waals surface area contributed by atoms with Crippen molar-refractivity contribution >= 4 is 29.5 Å². The second-order valence-corrected chi connectivity index (χ2v) is 6.59. The molecule has 0 amide bonds. The number of nitrogens with zero attached hydrogens (tertiary/aromatic N) is 3. The summed E-state index contributed by atoms with van der Waals surface area (Å²) in [5.74, 6) is 0.264. The monoisotopic (exact) mass is 386 g/mol. The fourth-order valence-corrected chi connectivity index (χ4v) is 3.08. The van der Waals surface area contributed by atoms with Crippen LogP contribution in [0.15, 0.2) is 44.8 Å². The molecule has 138 valence electrons. The summed E-state index contributed by atoms with van der Waals surface area (Å²) >= 11 is 0.899. The van der Waals surface area contributed by atoms with Crippen LogP contribution in [0.1, 0.15) is 17.1 Å². The molecule has 9 nitrogen and oxygen atoms in total. The van der Waals surface area contributed by atoms with Gasteiger partial charge in [0.25, 0.3) is 5.69 Å². The van der Waals surface area contributed by atoms with Gasteiger partial charge in [-0.15, -0.1) is 5.10 Å². The highest BCUT2D eigenvalue weighted by Gasteiger charge is 2.16. The zero-order valence-corrected chi connectivity index (χ0v) is 15.1. The van der Waals surface area contributed by atoms with Gasteiger partial charge in [0, 0.05) is 23.8 Å². The van der Waals surface area contributed by atoms with Crippen molar-refractivity contribution in [2.75, 3.05) is 0 Å². The zero-order chi connectivity index (χ0) is 19.6. The van der Waals surface area contributed by atoms with Crippen molar-refractivity contribution in [3.63, 3.8) is 0 Å². The number of benzene rings is 1. The summed E-state index contributed by atoms with van der Waals surface area (Å²) in [6.07, 6.45) is 1.38. The molecule has 0 aliphatic rings. The molecule has 0 saturated heterocycles. The summed E-state index contributed by atoms with van der Waals surface area (Å²) in [5.41, 5.74) is 1.36. The Balaban J connectivity index is 1.88. The van der Waals surface area contributed by atoms with E-state index in [-0.39, 0.29) is 10.6 Å². The van der Waals surface area contributed by atoms with Crippen molar-refractivity contribution in [1.82, 2.24) is 15.2 Å². The van der Waals surface area contributed by atoms with Crippen molar-refractivity contribution in [2.45, 2.75) is 19.0 Å². The molecule has 2 aromatic heterocycles. The van der Waals surface area contributed by atoms with Crippen LogP contribution in [0.5, 0.6) is 0 Å². The molecule has 3 aromatic rings. The van der Waals surface area contributed by atoms with Crippen molar-refractivity contribution in [3.05, 3.63) is 62.5 Å². The molecule has 0 radical (unpaired) electrons. The van der Waals surface area contributed by atoms with Crippen molar-refractivity contribution in [2.24, 2.45) is 0 Å². The lowest BCUT2D eigenvalue weighted by molar-refractivity contribution is -0.384. The van der Waals surface area contributed by atoms with Gasteiger partial charge in [0.1, 0.15) is 22.3 Å². The van der Waals surface area contributed by atoms with Crippen LogP contribution in [0.25, 0.3) is 17.4 Å². The maximum Gasteiger partial charge on any atom is 0.342 e. The first-order chi connectivity index (χ1) is 12.8. The maximum absolute atomic E-state index is 11.5. The summed E-state index contributed by atoms with van der Waals surface area (Å²) in [6.45, 7) is 3.46. The van der Waals surface area contributed by atoms with Crippen LogP contribution in [-0.4, -0.2) is 31.2 Å². The Kier molecular flexibility index (Phi) is 5.08. The average molecular weight is 386 g/mol. The first-order valence-electron chi connectivity index (χ1n) is 7.70. The molecule has 0 spiro atoms. The lowest BCUT2D eigenvalue weighted by atomic mass is 10.1. The SMILES string of the molecule is Cc1nc(S/C(=C\c2ccc(-c3ccc([N+](=O)[O-])cc3C)o2)C(=O)O)n[nH]1. The Morgan fingerprint density at radius 3 is 2.70 bits per heavy atom. The first kappa shape index (κ1) is 18.4. The number of nitro benzene ring substituents is 1. The highest BCUT2D eigenvalue weighted by atomic mass is 32.2. The number of carboxylic acids is 1. The number of thioether (sulfide) groups is 1. The third kappa shape index (κ3) is 4.23. The highest BCUT2D eigenvalue weighted by molar-refractivity contribution is 8.04. The Morgan fingerprint density at radius 1 is 1.33 bits per heavy atom. The van der Waals surface area contributed by atoms with Crippen LogP contribution < -0.4 is 0 Å². The van der Waals surface area contributed by atoms with Crippen molar-refractivity contribution in [1.29, 1.82) is 0 Å². The summed E-state index contributed by atoms with van der Waals surface area (Å²) in [4.78, 5) is 25.9. The number of aromatic amines is 1. The third-order valence-electron chi connectivity index (χ3n) is 3.58. The van der Waals surface area contributed by atoms with Gasteiger partial charge in [-0.25, -0.2) is 9.78 Å². The Hall–Kier alpha value is -3.40. The predicted molar refractivity (Wildman–Crippen MR) is 98.1 cm³/mol. The summed E-state index contributed by atoms with van der Waals surface area (Å²) in [6, 6.07) is 7.76. The normalized spacial score (nSPS) is 11.6. The third-order valence-corrected chi connectivity index (χ3v) is 4.45. The number of aromatic nitrogens is 3. The van der Waals surface area contributed by atoms with Crippen LogP contribution in [0, 0.1) is 24.0 Å². The summed E-state index contributed by atoms with van der Waals surface area (Å²) in [7, 11) is 0.